The first-order valence-electron chi connectivity index (χ1n) is 10.6. The van der Waals surface area contributed by atoms with Gasteiger partial charge in [-0.1, -0.05) is 18.6 Å². The van der Waals surface area contributed by atoms with Gasteiger partial charge in [-0.05, 0) is 67.7 Å². The lowest BCUT2D eigenvalue weighted by Crippen LogP contribution is -2.28. The number of pyridine rings is 1. The molecule has 2 saturated carbocycles. The van der Waals surface area contributed by atoms with Crippen LogP contribution >= 0.6 is 0 Å². The fraction of sp³-hybridized carbons (Fsp3) is 0.435. The Morgan fingerprint density at radius 1 is 1.10 bits per heavy atom. The Hall–Kier alpha value is -2.73. The molecule has 0 radical (unpaired) electrons. The van der Waals surface area contributed by atoms with Gasteiger partial charge in [0.1, 0.15) is 5.65 Å². The molecule has 6 heteroatoms. The van der Waals surface area contributed by atoms with E-state index in [9.17, 15) is 4.79 Å². The molecule has 3 aromatic rings. The smallest absolute Gasteiger partial charge is 0.252 e. The second kappa shape index (κ2) is 7.59. The number of rotatable bonds is 6. The van der Waals surface area contributed by atoms with E-state index in [0.29, 0.717) is 11.9 Å². The van der Waals surface area contributed by atoms with E-state index < -0.39 is 0 Å². The summed E-state index contributed by atoms with van der Waals surface area (Å²) < 4.78 is 1.92. The van der Waals surface area contributed by atoms with Crippen molar-refractivity contribution < 1.29 is 5.11 Å². The van der Waals surface area contributed by atoms with E-state index in [0.717, 1.165) is 41.9 Å². The van der Waals surface area contributed by atoms with Crippen LogP contribution in [0.15, 0.2) is 47.4 Å². The van der Waals surface area contributed by atoms with Crippen molar-refractivity contribution in [2.24, 2.45) is 11.8 Å². The van der Waals surface area contributed by atoms with Crippen LogP contribution in [0, 0.1) is 11.8 Å². The van der Waals surface area contributed by atoms with Gasteiger partial charge in [0, 0.05) is 36.0 Å². The van der Waals surface area contributed by atoms with E-state index in [1.165, 1.54) is 24.8 Å². The van der Waals surface area contributed by atoms with E-state index in [1.807, 2.05) is 34.9 Å². The minimum absolute atomic E-state index is 0.0351. The van der Waals surface area contributed by atoms with Crippen molar-refractivity contribution in [1.82, 2.24) is 14.5 Å². The summed E-state index contributed by atoms with van der Waals surface area (Å²) in [6, 6.07) is 11.8. The highest BCUT2D eigenvalue weighted by molar-refractivity contribution is 5.75. The van der Waals surface area contributed by atoms with Crippen molar-refractivity contribution in [3.8, 4) is 0 Å². The van der Waals surface area contributed by atoms with Gasteiger partial charge in [0.15, 0.2) is 0 Å². The number of aliphatic hydroxyl groups excluding tert-OH is 1. The number of fused-ring (bicyclic) bond motifs is 3. The monoisotopic (exact) mass is 390 g/mol. The highest BCUT2D eigenvalue weighted by atomic mass is 16.2. The fourth-order valence-electron chi connectivity index (χ4n) is 5.11. The molecular weight excluding hydrogens is 364 g/mol. The number of aliphatic hydroxyl groups is 1. The van der Waals surface area contributed by atoms with Gasteiger partial charge in [-0.3, -0.25) is 9.36 Å². The number of aryl methyl sites for hydroxylation is 1. The van der Waals surface area contributed by atoms with Crippen LogP contribution in [0.3, 0.4) is 0 Å². The number of nitrogens with zero attached hydrogens (tertiary/aromatic N) is 3. The largest absolute Gasteiger partial charge is 0.396 e. The van der Waals surface area contributed by atoms with Gasteiger partial charge in [-0.25, -0.2) is 4.98 Å². The van der Waals surface area contributed by atoms with Crippen LogP contribution in [0.2, 0.25) is 0 Å². The molecule has 1 aromatic carbocycles. The number of benzene rings is 1. The zero-order chi connectivity index (χ0) is 19.8. The van der Waals surface area contributed by atoms with E-state index in [4.69, 9.17) is 10.1 Å². The summed E-state index contributed by atoms with van der Waals surface area (Å²) in [4.78, 5) is 21.9. The SMILES string of the molecule is O=c1ccc2cnc(Nc3ccc(CCCO)cc3)nc2n1C1CC2CCC1C2. The van der Waals surface area contributed by atoms with E-state index in [2.05, 4.69) is 10.3 Å². The van der Waals surface area contributed by atoms with Gasteiger partial charge >= 0.3 is 0 Å². The Morgan fingerprint density at radius 2 is 1.97 bits per heavy atom. The highest BCUT2D eigenvalue weighted by Gasteiger charge is 2.41. The second-order valence-corrected chi connectivity index (χ2v) is 8.41. The summed E-state index contributed by atoms with van der Waals surface area (Å²) in [6.45, 7) is 0.204. The molecule has 2 N–H and O–H groups in total. The summed E-state index contributed by atoms with van der Waals surface area (Å²) in [7, 11) is 0. The molecule has 0 amide bonds. The molecule has 0 saturated heterocycles. The van der Waals surface area contributed by atoms with Crippen LogP contribution in [0.5, 0.6) is 0 Å². The first kappa shape index (κ1) is 18.3. The third-order valence-electron chi connectivity index (χ3n) is 6.53. The van der Waals surface area contributed by atoms with Gasteiger partial charge in [-0.15, -0.1) is 0 Å². The Balaban J connectivity index is 1.45. The predicted molar refractivity (Wildman–Crippen MR) is 113 cm³/mol. The molecule has 6 nitrogen and oxygen atoms in total. The van der Waals surface area contributed by atoms with Crippen molar-refractivity contribution in [2.75, 3.05) is 11.9 Å². The van der Waals surface area contributed by atoms with Gasteiger partial charge < -0.3 is 10.4 Å². The van der Waals surface area contributed by atoms with Gasteiger partial charge in [0.2, 0.25) is 5.95 Å². The maximum atomic E-state index is 12.8. The van der Waals surface area contributed by atoms with Gasteiger partial charge in [0.25, 0.3) is 5.56 Å². The van der Waals surface area contributed by atoms with Gasteiger partial charge in [-0.2, -0.15) is 4.98 Å². The Bertz CT molecular complexity index is 1080. The molecule has 2 aliphatic carbocycles. The number of anilines is 2. The Labute approximate surface area is 169 Å². The van der Waals surface area contributed by atoms with Crippen LogP contribution < -0.4 is 10.9 Å². The zero-order valence-corrected chi connectivity index (χ0v) is 16.4. The van der Waals surface area contributed by atoms with Crippen molar-refractivity contribution >= 4 is 22.7 Å². The molecule has 2 fully saturated rings. The molecule has 0 aliphatic heterocycles. The van der Waals surface area contributed by atoms with Crippen LogP contribution in [0.1, 0.15) is 43.7 Å². The van der Waals surface area contributed by atoms with Crippen LogP contribution in [-0.2, 0) is 6.42 Å². The van der Waals surface area contributed by atoms with Crippen molar-refractivity contribution in [1.29, 1.82) is 0 Å². The first-order chi connectivity index (χ1) is 14.2. The fourth-order valence-corrected chi connectivity index (χ4v) is 5.11. The van der Waals surface area contributed by atoms with Crippen LogP contribution in [-0.4, -0.2) is 26.2 Å². The summed E-state index contributed by atoms with van der Waals surface area (Å²) in [6.07, 6.45) is 8.27. The van der Waals surface area contributed by atoms with Crippen LogP contribution in [0.4, 0.5) is 11.6 Å². The highest BCUT2D eigenvalue weighted by Crippen LogP contribution is 2.50. The van der Waals surface area contributed by atoms with E-state index in [-0.39, 0.29) is 18.2 Å². The topological polar surface area (TPSA) is 80.0 Å². The van der Waals surface area contributed by atoms with E-state index in [1.54, 1.807) is 12.3 Å². The number of aromatic nitrogens is 3. The number of hydrogen-bond donors (Lipinski definition) is 2. The Morgan fingerprint density at radius 3 is 2.69 bits per heavy atom. The summed E-state index contributed by atoms with van der Waals surface area (Å²) in [5.74, 6) is 1.86. The summed E-state index contributed by atoms with van der Waals surface area (Å²) in [5, 5.41) is 13.1. The molecule has 3 atom stereocenters. The lowest BCUT2D eigenvalue weighted by atomic mass is 9.95. The predicted octanol–water partition coefficient (Wildman–Crippen LogP) is 3.82. The molecule has 0 spiro atoms. The summed E-state index contributed by atoms with van der Waals surface area (Å²) in [5.41, 5.74) is 2.86. The molecule has 5 rings (SSSR count). The van der Waals surface area contributed by atoms with Crippen molar-refractivity contribution in [3.05, 3.63) is 58.5 Å². The van der Waals surface area contributed by atoms with Crippen LogP contribution in [0.25, 0.3) is 11.0 Å². The quantitative estimate of drug-likeness (QED) is 0.669. The molecule has 2 aliphatic rings. The minimum atomic E-state index is 0.0351. The molecule has 2 aromatic heterocycles. The molecular formula is C23H26N4O2. The standard InChI is InChI=1S/C23H26N4O2/c28-11-1-2-15-4-8-19(9-5-15)25-23-24-14-18-7-10-21(29)27(22(18)26-23)20-13-16-3-6-17(20)12-16/h4-5,7-10,14,16-17,20,28H,1-3,6,11-13H2,(H,24,25,26). The van der Waals surface area contributed by atoms with Crippen molar-refractivity contribution in [2.45, 2.75) is 44.6 Å². The maximum absolute atomic E-state index is 12.8. The lowest BCUT2D eigenvalue weighted by molar-refractivity contribution is 0.288. The molecule has 2 bridgehead atoms. The van der Waals surface area contributed by atoms with E-state index >= 15 is 0 Å². The lowest BCUT2D eigenvalue weighted by Gasteiger charge is -2.25. The minimum Gasteiger partial charge on any atom is -0.396 e. The Kier molecular flexibility index (Phi) is 4.79. The summed E-state index contributed by atoms with van der Waals surface area (Å²) >= 11 is 0. The van der Waals surface area contributed by atoms with Crippen molar-refractivity contribution in [3.63, 3.8) is 0 Å². The van der Waals surface area contributed by atoms with Gasteiger partial charge in [0.05, 0.1) is 0 Å². The zero-order valence-electron chi connectivity index (χ0n) is 16.4. The molecule has 3 unspecified atom stereocenters. The third kappa shape index (κ3) is 3.53. The average Bonchev–Trinajstić information content (AvgIpc) is 3.37. The second-order valence-electron chi connectivity index (χ2n) is 8.41. The molecule has 29 heavy (non-hydrogen) atoms. The third-order valence-corrected chi connectivity index (χ3v) is 6.53. The number of hydrogen-bond acceptors (Lipinski definition) is 5. The number of nitrogens with one attached hydrogen (secondary N) is 1. The normalized spacial score (nSPS) is 23.0. The average molecular weight is 390 g/mol. The molecule has 2 heterocycles. The maximum Gasteiger partial charge on any atom is 0.252 e. The first-order valence-corrected chi connectivity index (χ1v) is 10.6. The molecule has 150 valence electrons.